The molecule has 0 N–H and O–H groups in total. The summed E-state index contributed by atoms with van der Waals surface area (Å²) in [4.78, 5) is 14.3. The van der Waals surface area contributed by atoms with Gasteiger partial charge in [0.25, 0.3) is 0 Å². The average Bonchev–Trinajstić information content (AvgIpc) is 2.92. The maximum Gasteiger partial charge on any atom is 0.202 e. The number of Topliss-reactive ketones (excluding diaryl/α,β-unsaturated/α-hetero) is 1. The quantitative estimate of drug-likeness (QED) is 0.364. The summed E-state index contributed by atoms with van der Waals surface area (Å²) in [7, 11) is 0. The number of aryl methyl sites for hydroxylation is 1. The van der Waals surface area contributed by atoms with Crippen molar-refractivity contribution in [1.29, 1.82) is 0 Å². The van der Waals surface area contributed by atoms with E-state index in [0.717, 1.165) is 16.9 Å². The third-order valence-electron chi connectivity index (χ3n) is 2.58. The highest BCUT2D eigenvalue weighted by Gasteiger charge is 2.11. The zero-order valence-corrected chi connectivity index (χ0v) is 13.6. The van der Waals surface area contributed by atoms with Gasteiger partial charge in [0.2, 0.25) is 5.78 Å². The summed E-state index contributed by atoms with van der Waals surface area (Å²) in [5.41, 5.74) is 0.774. The van der Waals surface area contributed by atoms with E-state index in [1.165, 1.54) is 17.7 Å². The van der Waals surface area contributed by atoms with Gasteiger partial charge in [0, 0.05) is 10.5 Å². The Morgan fingerprint density at radius 1 is 1.26 bits per heavy atom. The Morgan fingerprint density at radius 2 is 1.95 bits per heavy atom. The van der Waals surface area contributed by atoms with Crippen LogP contribution in [0.4, 0.5) is 0 Å². The van der Waals surface area contributed by atoms with E-state index in [9.17, 15) is 4.79 Å². The molecule has 0 saturated heterocycles. The van der Waals surface area contributed by atoms with Crippen LogP contribution in [0.25, 0.3) is 0 Å². The Labute approximate surface area is 122 Å². The Bertz CT molecular complexity index is 424. The van der Waals surface area contributed by atoms with E-state index < -0.39 is 0 Å². The summed E-state index contributed by atoms with van der Waals surface area (Å²) in [6.45, 7) is 10.0. The lowest BCUT2D eigenvalue weighted by Gasteiger charge is -1.97. The predicted molar refractivity (Wildman–Crippen MR) is 87.2 cm³/mol. The average molecular weight is 278 g/mol. The maximum absolute atomic E-state index is 12.1. The third kappa shape index (κ3) is 6.02. The smallest absolute Gasteiger partial charge is 0.202 e. The van der Waals surface area contributed by atoms with Crippen LogP contribution in [-0.4, -0.2) is 5.78 Å². The summed E-state index contributed by atoms with van der Waals surface area (Å²) in [6.07, 6.45) is 9.11. The van der Waals surface area contributed by atoms with Gasteiger partial charge in [-0.15, -0.1) is 11.3 Å². The fourth-order valence-corrected chi connectivity index (χ4v) is 2.62. The van der Waals surface area contributed by atoms with Gasteiger partial charge in [-0.1, -0.05) is 45.4 Å². The Hall–Kier alpha value is -1.15. The van der Waals surface area contributed by atoms with Crippen LogP contribution in [0, 0.1) is 0 Å². The highest BCUT2D eigenvalue weighted by atomic mass is 32.1. The lowest BCUT2D eigenvalue weighted by Crippen LogP contribution is -1.98. The van der Waals surface area contributed by atoms with Crippen LogP contribution in [0.15, 0.2) is 35.9 Å². The summed E-state index contributed by atoms with van der Waals surface area (Å²) in [6, 6.07) is 4.03. The Kier molecular flexibility index (Phi) is 10.1. The van der Waals surface area contributed by atoms with Crippen molar-refractivity contribution in [3.63, 3.8) is 0 Å². The molecule has 19 heavy (non-hydrogen) atoms. The van der Waals surface area contributed by atoms with Gasteiger partial charge in [-0.05, 0) is 38.8 Å². The van der Waals surface area contributed by atoms with Crippen LogP contribution in [0.2, 0.25) is 0 Å². The molecule has 0 bridgehead atoms. The molecular weight excluding hydrogens is 252 g/mol. The molecule has 0 aliphatic rings. The van der Waals surface area contributed by atoms with Crippen LogP contribution in [0.1, 0.15) is 62.0 Å². The first-order valence-electron chi connectivity index (χ1n) is 7.15. The molecule has 106 valence electrons. The topological polar surface area (TPSA) is 17.1 Å². The molecule has 0 spiro atoms. The minimum Gasteiger partial charge on any atom is -0.288 e. The molecule has 1 nitrogen and oxygen atoms in total. The van der Waals surface area contributed by atoms with Crippen LogP contribution in [0.3, 0.4) is 0 Å². The van der Waals surface area contributed by atoms with Crippen molar-refractivity contribution in [3.05, 3.63) is 45.7 Å². The number of thiophene rings is 1. The highest BCUT2D eigenvalue weighted by Crippen LogP contribution is 2.21. The van der Waals surface area contributed by atoms with Gasteiger partial charge in [0.15, 0.2) is 0 Å². The zero-order valence-electron chi connectivity index (χ0n) is 12.8. The summed E-state index contributed by atoms with van der Waals surface area (Å²) in [5, 5.41) is 0. The second-order valence-corrected chi connectivity index (χ2v) is 5.11. The van der Waals surface area contributed by atoms with Gasteiger partial charge in [0.1, 0.15) is 0 Å². The third-order valence-corrected chi connectivity index (χ3v) is 3.73. The van der Waals surface area contributed by atoms with Crippen LogP contribution < -0.4 is 0 Å². The summed E-state index contributed by atoms with van der Waals surface area (Å²) >= 11 is 1.63. The number of carbonyl (C=O) groups excluding carboxylic acids is 1. The molecule has 0 saturated carbocycles. The van der Waals surface area contributed by atoms with Gasteiger partial charge in [-0.3, -0.25) is 4.79 Å². The monoisotopic (exact) mass is 278 g/mol. The van der Waals surface area contributed by atoms with E-state index in [2.05, 4.69) is 13.0 Å². The molecule has 1 rings (SSSR count). The normalized spacial score (nSPS) is 11.3. The number of hydrogen-bond acceptors (Lipinski definition) is 2. The van der Waals surface area contributed by atoms with Crippen LogP contribution in [-0.2, 0) is 6.42 Å². The molecule has 0 amide bonds. The zero-order chi connectivity index (χ0) is 14.7. The predicted octanol–water partition coefficient (Wildman–Crippen LogP) is 5.82. The van der Waals surface area contributed by atoms with Crippen molar-refractivity contribution in [1.82, 2.24) is 0 Å². The van der Waals surface area contributed by atoms with E-state index in [4.69, 9.17) is 0 Å². The number of rotatable bonds is 6. The number of allylic oxidation sites excluding steroid dienone is 4. The van der Waals surface area contributed by atoms with Crippen molar-refractivity contribution in [2.45, 2.75) is 53.9 Å². The van der Waals surface area contributed by atoms with E-state index in [0.29, 0.717) is 0 Å². The molecule has 0 aromatic carbocycles. The number of ketones is 1. The fraction of sp³-hybridized carbons (Fsp3) is 0.471. The number of unbranched alkanes of at least 4 members (excludes halogenated alkanes) is 1. The van der Waals surface area contributed by atoms with Gasteiger partial charge in [-0.2, -0.15) is 0 Å². The van der Waals surface area contributed by atoms with Crippen molar-refractivity contribution >= 4 is 17.1 Å². The second kappa shape index (κ2) is 10.7. The molecule has 1 aromatic heterocycles. The van der Waals surface area contributed by atoms with Crippen molar-refractivity contribution < 1.29 is 4.79 Å². The fourth-order valence-electron chi connectivity index (χ4n) is 1.61. The minimum atomic E-state index is 0.137. The van der Waals surface area contributed by atoms with Gasteiger partial charge in [0.05, 0.1) is 4.88 Å². The van der Waals surface area contributed by atoms with Crippen LogP contribution >= 0.6 is 11.3 Å². The highest BCUT2D eigenvalue weighted by molar-refractivity contribution is 7.14. The van der Waals surface area contributed by atoms with Crippen LogP contribution in [0.5, 0.6) is 0 Å². The van der Waals surface area contributed by atoms with Gasteiger partial charge in [-0.25, -0.2) is 0 Å². The molecule has 0 atom stereocenters. The minimum absolute atomic E-state index is 0.137. The molecule has 0 fully saturated rings. The lowest BCUT2D eigenvalue weighted by atomic mass is 10.1. The molecule has 0 aliphatic carbocycles. The lowest BCUT2D eigenvalue weighted by molar-refractivity contribution is 0.104. The molecule has 1 heterocycles. The first-order valence-corrected chi connectivity index (χ1v) is 7.97. The van der Waals surface area contributed by atoms with Gasteiger partial charge >= 0.3 is 0 Å². The molecule has 1 aromatic rings. The van der Waals surface area contributed by atoms with E-state index in [-0.39, 0.29) is 5.78 Å². The van der Waals surface area contributed by atoms with E-state index in [1.54, 1.807) is 11.3 Å². The SMILES string of the molecule is C/C=C\C(=C/C)C(=O)c1ccc(CCCC)s1.CC. The Morgan fingerprint density at radius 3 is 2.47 bits per heavy atom. The van der Waals surface area contributed by atoms with Crippen molar-refractivity contribution in [3.8, 4) is 0 Å². The van der Waals surface area contributed by atoms with Crippen molar-refractivity contribution in [2.24, 2.45) is 0 Å². The first kappa shape index (κ1) is 17.8. The molecule has 2 heteroatoms. The number of carbonyl (C=O) groups is 1. The van der Waals surface area contributed by atoms with Crippen molar-refractivity contribution in [2.75, 3.05) is 0 Å². The van der Waals surface area contributed by atoms with E-state index in [1.807, 2.05) is 52.0 Å². The molecule has 0 aliphatic heterocycles. The summed E-state index contributed by atoms with van der Waals surface area (Å²) < 4.78 is 0. The largest absolute Gasteiger partial charge is 0.288 e. The molecular formula is C17H26OS. The van der Waals surface area contributed by atoms with Gasteiger partial charge < -0.3 is 0 Å². The standard InChI is InChI=1S/C15H20OS.C2H6/c1-4-7-9-13-10-11-14(17-13)15(16)12(6-3)8-5-2;1-2/h5-6,8,10-11H,4,7,9H2,1-3H3;1-2H3/b8-5-,12-6+;. The molecule has 0 unspecified atom stereocenters. The Balaban J connectivity index is 0.00000154. The maximum atomic E-state index is 12.1. The summed E-state index contributed by atoms with van der Waals surface area (Å²) in [5.74, 6) is 0.137. The van der Waals surface area contributed by atoms with E-state index >= 15 is 0 Å². The number of hydrogen-bond donors (Lipinski definition) is 0. The molecule has 0 radical (unpaired) electrons. The first-order chi connectivity index (χ1) is 9.22. The second-order valence-electron chi connectivity index (χ2n) is 3.94.